The maximum Gasteiger partial charge on any atom is 0.236 e. The van der Waals surface area contributed by atoms with E-state index in [4.69, 9.17) is 24.9 Å². The molecular formula is C10H11ClO5S. The van der Waals surface area contributed by atoms with E-state index in [-0.39, 0.29) is 19.2 Å². The van der Waals surface area contributed by atoms with Crippen molar-refractivity contribution >= 4 is 19.7 Å². The lowest BCUT2D eigenvalue weighted by Gasteiger charge is -2.21. The SMILES string of the molecule is COc1ccc2c(c1CS(=O)(=O)Cl)COCO2. The molecule has 0 atom stereocenters. The van der Waals surface area contributed by atoms with Gasteiger partial charge >= 0.3 is 0 Å². The lowest BCUT2D eigenvalue weighted by molar-refractivity contribution is -0.0168. The predicted molar refractivity (Wildman–Crippen MR) is 61.8 cm³/mol. The van der Waals surface area contributed by atoms with Crippen LogP contribution in [0.1, 0.15) is 11.1 Å². The van der Waals surface area contributed by atoms with Crippen LogP contribution in [-0.4, -0.2) is 22.3 Å². The zero-order valence-corrected chi connectivity index (χ0v) is 10.7. The standard InChI is InChI=1S/C10H11ClO5S/c1-14-9-2-3-10-7(4-15-6-16-10)8(9)5-17(11,12)13/h2-3H,4-6H2,1H3. The fourth-order valence-corrected chi connectivity index (χ4v) is 2.70. The summed E-state index contributed by atoms with van der Waals surface area (Å²) in [5.41, 5.74) is 1.15. The molecule has 7 heteroatoms. The van der Waals surface area contributed by atoms with E-state index in [0.717, 1.165) is 0 Å². The van der Waals surface area contributed by atoms with Gasteiger partial charge in [0, 0.05) is 21.8 Å². The van der Waals surface area contributed by atoms with Crippen molar-refractivity contribution in [3.63, 3.8) is 0 Å². The Bertz CT molecular complexity index is 526. The second kappa shape index (κ2) is 4.72. The van der Waals surface area contributed by atoms with Gasteiger partial charge in [0.05, 0.1) is 19.5 Å². The number of ether oxygens (including phenoxy) is 3. The summed E-state index contributed by atoms with van der Waals surface area (Å²) in [6, 6.07) is 3.38. The summed E-state index contributed by atoms with van der Waals surface area (Å²) >= 11 is 0. The van der Waals surface area contributed by atoms with Crippen molar-refractivity contribution in [2.24, 2.45) is 0 Å². The molecule has 94 valence electrons. The molecule has 0 N–H and O–H groups in total. The molecule has 0 saturated heterocycles. The van der Waals surface area contributed by atoms with Gasteiger partial charge in [0.25, 0.3) is 0 Å². The topological polar surface area (TPSA) is 61.8 Å². The highest BCUT2D eigenvalue weighted by molar-refractivity contribution is 8.13. The summed E-state index contributed by atoms with van der Waals surface area (Å²) in [4.78, 5) is 0. The fourth-order valence-electron chi connectivity index (χ4n) is 1.71. The molecule has 0 aliphatic carbocycles. The molecule has 0 aromatic heterocycles. The van der Waals surface area contributed by atoms with Crippen molar-refractivity contribution in [3.05, 3.63) is 23.3 Å². The average molecular weight is 279 g/mol. The normalized spacial score (nSPS) is 14.9. The highest BCUT2D eigenvalue weighted by Crippen LogP contribution is 2.34. The van der Waals surface area contributed by atoms with Gasteiger partial charge in [0.1, 0.15) is 11.5 Å². The van der Waals surface area contributed by atoms with Gasteiger partial charge in [0.2, 0.25) is 9.05 Å². The summed E-state index contributed by atoms with van der Waals surface area (Å²) in [7, 11) is 3.08. The number of fused-ring (bicyclic) bond motifs is 1. The van der Waals surface area contributed by atoms with Crippen LogP contribution in [0.2, 0.25) is 0 Å². The van der Waals surface area contributed by atoms with Crippen LogP contribution in [0.3, 0.4) is 0 Å². The summed E-state index contributed by atoms with van der Waals surface area (Å²) in [6.45, 7) is 0.445. The first-order valence-corrected chi connectivity index (χ1v) is 7.31. The van der Waals surface area contributed by atoms with Crippen molar-refractivity contribution in [1.29, 1.82) is 0 Å². The molecular weight excluding hydrogens is 268 g/mol. The number of methoxy groups -OCH3 is 1. The Hall–Kier alpha value is -0.980. The fraction of sp³-hybridized carbons (Fsp3) is 0.400. The molecule has 0 unspecified atom stereocenters. The molecule has 5 nitrogen and oxygen atoms in total. The van der Waals surface area contributed by atoms with Gasteiger partial charge < -0.3 is 14.2 Å². The minimum Gasteiger partial charge on any atom is -0.496 e. The van der Waals surface area contributed by atoms with Crippen LogP contribution in [0, 0.1) is 0 Å². The smallest absolute Gasteiger partial charge is 0.236 e. The lowest BCUT2D eigenvalue weighted by atomic mass is 10.1. The largest absolute Gasteiger partial charge is 0.496 e. The van der Waals surface area contributed by atoms with Gasteiger partial charge in [0.15, 0.2) is 6.79 Å². The van der Waals surface area contributed by atoms with E-state index in [2.05, 4.69) is 0 Å². The molecule has 1 aliphatic heterocycles. The molecule has 17 heavy (non-hydrogen) atoms. The third-order valence-electron chi connectivity index (χ3n) is 2.43. The van der Waals surface area contributed by atoms with Gasteiger partial charge in [-0.1, -0.05) is 0 Å². The van der Waals surface area contributed by atoms with E-state index in [1.807, 2.05) is 0 Å². The third-order valence-corrected chi connectivity index (χ3v) is 3.39. The van der Waals surface area contributed by atoms with E-state index in [1.165, 1.54) is 7.11 Å². The van der Waals surface area contributed by atoms with Crippen LogP contribution < -0.4 is 9.47 Å². The second-order valence-electron chi connectivity index (χ2n) is 3.52. The summed E-state index contributed by atoms with van der Waals surface area (Å²) in [6.07, 6.45) is 0. The minimum absolute atomic E-state index is 0.159. The number of halogens is 1. The summed E-state index contributed by atoms with van der Waals surface area (Å²) in [5, 5.41) is 0. The molecule has 2 rings (SSSR count). The molecule has 0 fully saturated rings. The second-order valence-corrected chi connectivity index (χ2v) is 6.29. The van der Waals surface area contributed by atoms with Gasteiger partial charge in [-0.15, -0.1) is 0 Å². The molecule has 0 amide bonds. The van der Waals surface area contributed by atoms with Crippen LogP contribution in [-0.2, 0) is 26.1 Å². The van der Waals surface area contributed by atoms with E-state index in [0.29, 0.717) is 22.6 Å². The van der Waals surface area contributed by atoms with Gasteiger partial charge in [-0.2, -0.15) is 0 Å². The minimum atomic E-state index is -3.66. The highest BCUT2D eigenvalue weighted by atomic mass is 35.7. The lowest BCUT2D eigenvalue weighted by Crippen LogP contribution is -2.14. The van der Waals surface area contributed by atoms with Crippen molar-refractivity contribution < 1.29 is 22.6 Å². The van der Waals surface area contributed by atoms with Crippen molar-refractivity contribution in [2.45, 2.75) is 12.4 Å². The Balaban J connectivity index is 2.52. The molecule has 0 radical (unpaired) electrons. The summed E-state index contributed by atoms with van der Waals surface area (Å²) < 4.78 is 37.9. The van der Waals surface area contributed by atoms with E-state index >= 15 is 0 Å². The van der Waals surface area contributed by atoms with Crippen LogP contribution in [0.4, 0.5) is 0 Å². The highest BCUT2D eigenvalue weighted by Gasteiger charge is 2.22. The molecule has 1 aromatic carbocycles. The Morgan fingerprint density at radius 1 is 1.47 bits per heavy atom. The quantitative estimate of drug-likeness (QED) is 0.787. The molecule has 0 spiro atoms. The Morgan fingerprint density at radius 2 is 2.24 bits per heavy atom. The van der Waals surface area contributed by atoms with Crippen LogP contribution in [0.15, 0.2) is 12.1 Å². The first kappa shape index (κ1) is 12.5. The van der Waals surface area contributed by atoms with Crippen LogP contribution in [0.5, 0.6) is 11.5 Å². The predicted octanol–water partition coefficient (Wildman–Crippen LogP) is 1.63. The van der Waals surface area contributed by atoms with Crippen molar-refractivity contribution in [3.8, 4) is 11.5 Å². The van der Waals surface area contributed by atoms with Gasteiger partial charge in [-0.3, -0.25) is 0 Å². The number of hydrogen-bond acceptors (Lipinski definition) is 5. The van der Waals surface area contributed by atoms with E-state index in [9.17, 15) is 8.42 Å². The van der Waals surface area contributed by atoms with Crippen molar-refractivity contribution in [2.75, 3.05) is 13.9 Å². The molecule has 1 aliphatic rings. The first-order valence-electron chi connectivity index (χ1n) is 4.83. The average Bonchev–Trinajstić information content (AvgIpc) is 2.28. The molecule has 1 heterocycles. The van der Waals surface area contributed by atoms with Crippen LogP contribution in [0.25, 0.3) is 0 Å². The van der Waals surface area contributed by atoms with Crippen LogP contribution >= 0.6 is 10.7 Å². The van der Waals surface area contributed by atoms with E-state index < -0.39 is 9.05 Å². The zero-order valence-electron chi connectivity index (χ0n) is 9.10. The van der Waals surface area contributed by atoms with E-state index in [1.54, 1.807) is 12.1 Å². The number of benzene rings is 1. The maximum absolute atomic E-state index is 11.2. The zero-order chi connectivity index (χ0) is 12.5. The Kier molecular flexibility index (Phi) is 3.46. The first-order chi connectivity index (χ1) is 8.01. The molecule has 1 aromatic rings. The monoisotopic (exact) mass is 278 g/mol. The maximum atomic E-state index is 11.2. The Morgan fingerprint density at radius 3 is 2.88 bits per heavy atom. The Labute approximate surface area is 104 Å². The van der Waals surface area contributed by atoms with Gasteiger partial charge in [-0.05, 0) is 12.1 Å². The molecule has 0 bridgehead atoms. The summed E-state index contributed by atoms with van der Waals surface area (Å²) in [5.74, 6) is 0.752. The van der Waals surface area contributed by atoms with Gasteiger partial charge in [-0.25, -0.2) is 8.42 Å². The molecule has 0 saturated carbocycles. The number of hydrogen-bond donors (Lipinski definition) is 0. The van der Waals surface area contributed by atoms with Crippen molar-refractivity contribution in [1.82, 2.24) is 0 Å². The third kappa shape index (κ3) is 2.83. The number of rotatable bonds is 3.